The van der Waals surface area contributed by atoms with E-state index in [1.54, 1.807) is 18.2 Å². The number of carboxylic acids is 1. The molecule has 0 aliphatic carbocycles. The molecule has 0 saturated heterocycles. The molecular formula is C17H24FNO3. The number of rotatable bonds is 10. The van der Waals surface area contributed by atoms with Crippen LogP contribution in [-0.2, 0) is 16.0 Å². The number of halogens is 1. The molecule has 1 amide bonds. The number of carbonyl (C=O) groups excluding carboxylic acids is 1. The van der Waals surface area contributed by atoms with Gasteiger partial charge in [-0.25, -0.2) is 4.39 Å². The molecule has 0 aliphatic rings. The Kier molecular flexibility index (Phi) is 8.18. The number of hydrogen-bond acceptors (Lipinski definition) is 2. The Morgan fingerprint density at radius 2 is 1.95 bits per heavy atom. The van der Waals surface area contributed by atoms with Crippen LogP contribution in [0.1, 0.15) is 44.6 Å². The molecule has 2 N–H and O–H groups in total. The molecule has 4 nitrogen and oxygen atoms in total. The number of nitrogens with one attached hydrogen (secondary N) is 1. The van der Waals surface area contributed by atoms with Crippen LogP contribution in [0.4, 0.5) is 4.39 Å². The van der Waals surface area contributed by atoms with E-state index in [0.717, 1.165) is 12.8 Å². The number of aryl methyl sites for hydroxylation is 1. The Labute approximate surface area is 130 Å². The molecule has 1 aromatic carbocycles. The van der Waals surface area contributed by atoms with E-state index < -0.39 is 5.97 Å². The van der Waals surface area contributed by atoms with Gasteiger partial charge in [0.1, 0.15) is 5.82 Å². The molecule has 0 saturated carbocycles. The SMILES string of the molecule is CC(CCc1ccccc1F)C(=O)NCCCCCC(=O)O. The van der Waals surface area contributed by atoms with Gasteiger partial charge >= 0.3 is 5.97 Å². The molecule has 1 atom stereocenters. The summed E-state index contributed by atoms with van der Waals surface area (Å²) in [5, 5.41) is 11.3. The lowest BCUT2D eigenvalue weighted by atomic mass is 10.00. The van der Waals surface area contributed by atoms with Gasteiger partial charge < -0.3 is 10.4 Å². The second kappa shape index (κ2) is 9.92. The summed E-state index contributed by atoms with van der Waals surface area (Å²) < 4.78 is 13.5. The van der Waals surface area contributed by atoms with E-state index in [4.69, 9.17) is 5.11 Å². The van der Waals surface area contributed by atoms with Gasteiger partial charge in [-0.15, -0.1) is 0 Å². The van der Waals surface area contributed by atoms with Crippen LogP contribution in [0.15, 0.2) is 24.3 Å². The highest BCUT2D eigenvalue weighted by molar-refractivity contribution is 5.78. The Balaban J connectivity index is 2.17. The summed E-state index contributed by atoms with van der Waals surface area (Å²) in [5.41, 5.74) is 0.635. The summed E-state index contributed by atoms with van der Waals surface area (Å²) in [6.45, 7) is 2.39. The Morgan fingerprint density at radius 3 is 2.64 bits per heavy atom. The van der Waals surface area contributed by atoms with Crippen LogP contribution in [0.5, 0.6) is 0 Å². The minimum atomic E-state index is -0.786. The number of carbonyl (C=O) groups is 2. The minimum Gasteiger partial charge on any atom is -0.481 e. The van der Waals surface area contributed by atoms with Gasteiger partial charge in [0.05, 0.1) is 0 Å². The van der Waals surface area contributed by atoms with E-state index in [1.165, 1.54) is 6.07 Å². The maximum absolute atomic E-state index is 13.5. The molecule has 1 rings (SSSR count). The van der Waals surface area contributed by atoms with Crippen molar-refractivity contribution in [3.63, 3.8) is 0 Å². The second-order valence-electron chi connectivity index (χ2n) is 5.53. The smallest absolute Gasteiger partial charge is 0.303 e. The first kappa shape index (κ1) is 18.1. The Morgan fingerprint density at radius 1 is 1.23 bits per heavy atom. The maximum Gasteiger partial charge on any atom is 0.303 e. The molecule has 0 bridgehead atoms. The molecule has 1 aromatic rings. The lowest BCUT2D eigenvalue weighted by Gasteiger charge is -2.12. The Bertz CT molecular complexity index is 491. The molecule has 0 fully saturated rings. The zero-order chi connectivity index (χ0) is 16.4. The number of aliphatic carboxylic acids is 1. The van der Waals surface area contributed by atoms with Crippen molar-refractivity contribution in [2.45, 2.75) is 45.4 Å². The summed E-state index contributed by atoms with van der Waals surface area (Å²) in [7, 11) is 0. The van der Waals surface area contributed by atoms with E-state index in [0.29, 0.717) is 31.4 Å². The molecular weight excluding hydrogens is 285 g/mol. The zero-order valence-electron chi connectivity index (χ0n) is 13.0. The third-order valence-corrected chi connectivity index (χ3v) is 3.62. The van der Waals surface area contributed by atoms with Crippen molar-refractivity contribution in [3.05, 3.63) is 35.6 Å². The molecule has 0 aromatic heterocycles. The van der Waals surface area contributed by atoms with E-state index in [1.807, 2.05) is 6.92 Å². The third kappa shape index (κ3) is 7.20. The van der Waals surface area contributed by atoms with Gasteiger partial charge in [0.25, 0.3) is 0 Å². The first-order valence-corrected chi connectivity index (χ1v) is 7.73. The molecule has 0 spiro atoms. The zero-order valence-corrected chi connectivity index (χ0v) is 13.0. The number of amides is 1. The third-order valence-electron chi connectivity index (χ3n) is 3.62. The Hall–Kier alpha value is -1.91. The fourth-order valence-electron chi connectivity index (χ4n) is 2.17. The fraction of sp³-hybridized carbons (Fsp3) is 0.529. The lowest BCUT2D eigenvalue weighted by molar-refractivity contribution is -0.137. The maximum atomic E-state index is 13.5. The lowest BCUT2D eigenvalue weighted by Crippen LogP contribution is -2.30. The largest absolute Gasteiger partial charge is 0.481 e. The van der Waals surface area contributed by atoms with Crippen molar-refractivity contribution in [2.75, 3.05) is 6.54 Å². The van der Waals surface area contributed by atoms with Gasteiger partial charge in [-0.05, 0) is 37.3 Å². The highest BCUT2D eigenvalue weighted by atomic mass is 19.1. The van der Waals surface area contributed by atoms with Gasteiger partial charge in [-0.1, -0.05) is 31.5 Å². The summed E-state index contributed by atoms with van der Waals surface area (Å²) in [6.07, 6.45) is 3.52. The molecule has 1 unspecified atom stereocenters. The van der Waals surface area contributed by atoms with Crippen LogP contribution in [0, 0.1) is 11.7 Å². The van der Waals surface area contributed by atoms with E-state index in [9.17, 15) is 14.0 Å². The van der Waals surface area contributed by atoms with Crippen LogP contribution in [0.3, 0.4) is 0 Å². The van der Waals surface area contributed by atoms with Crippen molar-refractivity contribution < 1.29 is 19.1 Å². The van der Waals surface area contributed by atoms with Gasteiger partial charge in [0.15, 0.2) is 0 Å². The van der Waals surface area contributed by atoms with Crippen molar-refractivity contribution in [2.24, 2.45) is 5.92 Å². The van der Waals surface area contributed by atoms with Crippen molar-refractivity contribution in [1.82, 2.24) is 5.32 Å². The second-order valence-corrected chi connectivity index (χ2v) is 5.53. The average Bonchev–Trinajstić information content (AvgIpc) is 2.49. The van der Waals surface area contributed by atoms with Crippen molar-refractivity contribution in [3.8, 4) is 0 Å². The number of benzene rings is 1. The fourth-order valence-corrected chi connectivity index (χ4v) is 2.17. The molecule has 0 aliphatic heterocycles. The van der Waals surface area contributed by atoms with Gasteiger partial charge in [0.2, 0.25) is 5.91 Å². The van der Waals surface area contributed by atoms with Crippen molar-refractivity contribution in [1.29, 1.82) is 0 Å². The van der Waals surface area contributed by atoms with Crippen LogP contribution < -0.4 is 5.32 Å². The molecule has 5 heteroatoms. The van der Waals surface area contributed by atoms with Crippen LogP contribution in [0.25, 0.3) is 0 Å². The van der Waals surface area contributed by atoms with E-state index in [2.05, 4.69) is 5.32 Å². The van der Waals surface area contributed by atoms with Gasteiger partial charge in [0, 0.05) is 18.9 Å². The van der Waals surface area contributed by atoms with Gasteiger partial charge in [-0.2, -0.15) is 0 Å². The van der Waals surface area contributed by atoms with E-state index >= 15 is 0 Å². The van der Waals surface area contributed by atoms with Crippen LogP contribution in [0.2, 0.25) is 0 Å². The highest BCUT2D eigenvalue weighted by Gasteiger charge is 2.13. The van der Waals surface area contributed by atoms with Crippen molar-refractivity contribution >= 4 is 11.9 Å². The topological polar surface area (TPSA) is 66.4 Å². The number of hydrogen-bond donors (Lipinski definition) is 2. The normalized spacial score (nSPS) is 11.9. The summed E-state index contributed by atoms with van der Waals surface area (Å²) >= 11 is 0. The first-order valence-electron chi connectivity index (χ1n) is 7.73. The van der Waals surface area contributed by atoms with Crippen LogP contribution in [-0.4, -0.2) is 23.5 Å². The summed E-state index contributed by atoms with van der Waals surface area (Å²) in [5.74, 6) is -1.22. The predicted octanol–water partition coefficient (Wildman–Crippen LogP) is 3.16. The van der Waals surface area contributed by atoms with Crippen LogP contribution >= 0.6 is 0 Å². The molecule has 22 heavy (non-hydrogen) atoms. The van der Waals surface area contributed by atoms with E-state index in [-0.39, 0.29) is 24.1 Å². The monoisotopic (exact) mass is 309 g/mol. The molecule has 122 valence electrons. The minimum absolute atomic E-state index is 0.0328. The summed E-state index contributed by atoms with van der Waals surface area (Å²) in [6, 6.07) is 6.61. The highest BCUT2D eigenvalue weighted by Crippen LogP contribution is 2.13. The first-order chi connectivity index (χ1) is 10.5. The average molecular weight is 309 g/mol. The number of carboxylic acid groups (broad SMARTS) is 1. The molecule has 0 radical (unpaired) electrons. The summed E-state index contributed by atoms with van der Waals surface area (Å²) in [4.78, 5) is 22.2. The standard InChI is InChI=1S/C17H24FNO3/c1-13(10-11-14-7-4-5-8-15(14)18)17(22)19-12-6-2-3-9-16(20)21/h4-5,7-8,13H,2-3,6,9-12H2,1H3,(H,19,22)(H,20,21). The number of unbranched alkanes of at least 4 members (excludes halogenated alkanes) is 2. The molecule has 0 heterocycles. The van der Waals surface area contributed by atoms with Gasteiger partial charge in [-0.3, -0.25) is 9.59 Å². The predicted molar refractivity (Wildman–Crippen MR) is 83.0 cm³/mol. The quantitative estimate of drug-likeness (QED) is 0.652.